The molecule has 1 aromatic heterocycles. The van der Waals surface area contributed by atoms with Crippen LogP contribution in [0.25, 0.3) is 0 Å². The normalized spacial score (nSPS) is 11.9. The third-order valence-electron chi connectivity index (χ3n) is 2.30. The number of nitrogens with zero attached hydrogens (tertiary/aromatic N) is 1. The maximum absolute atomic E-state index is 11.8. The third-order valence-corrected chi connectivity index (χ3v) is 2.30. The Balaban J connectivity index is 2.61. The van der Waals surface area contributed by atoms with Crippen LogP contribution >= 0.6 is 0 Å². The van der Waals surface area contributed by atoms with Crippen molar-refractivity contribution in [3.05, 3.63) is 29.6 Å². The van der Waals surface area contributed by atoms with Gasteiger partial charge in [0.1, 0.15) is 5.69 Å². The van der Waals surface area contributed by atoms with Crippen LogP contribution in [0.2, 0.25) is 0 Å². The van der Waals surface area contributed by atoms with Gasteiger partial charge < -0.3 is 15.2 Å². The van der Waals surface area contributed by atoms with Crippen LogP contribution in [0.4, 0.5) is 0 Å². The van der Waals surface area contributed by atoms with Crippen LogP contribution in [0.15, 0.2) is 18.3 Å². The molecular formula is C12H16N2O4. The predicted octanol–water partition coefficient (Wildman–Crippen LogP) is 0.792. The van der Waals surface area contributed by atoms with Gasteiger partial charge in [0.05, 0.1) is 6.61 Å². The van der Waals surface area contributed by atoms with E-state index >= 15 is 0 Å². The maximum Gasteiger partial charge on any atom is 0.354 e. The van der Waals surface area contributed by atoms with Crippen LogP contribution in [0, 0.1) is 5.92 Å². The van der Waals surface area contributed by atoms with Crippen LogP contribution in [-0.4, -0.2) is 42.2 Å². The lowest BCUT2D eigenvalue weighted by Crippen LogP contribution is -2.30. The van der Waals surface area contributed by atoms with E-state index in [1.807, 2.05) is 6.92 Å². The molecule has 0 spiro atoms. The number of aromatic nitrogens is 1. The van der Waals surface area contributed by atoms with Gasteiger partial charge in [0, 0.05) is 25.4 Å². The molecule has 1 rings (SSSR count). The van der Waals surface area contributed by atoms with Crippen molar-refractivity contribution < 1.29 is 19.4 Å². The highest BCUT2D eigenvalue weighted by atomic mass is 16.5. The van der Waals surface area contributed by atoms with Crippen LogP contribution < -0.4 is 5.32 Å². The lowest BCUT2D eigenvalue weighted by Gasteiger charge is -2.11. The predicted molar refractivity (Wildman–Crippen MR) is 64.6 cm³/mol. The molecule has 1 aromatic rings. The van der Waals surface area contributed by atoms with Crippen LogP contribution in [0.1, 0.15) is 27.8 Å². The van der Waals surface area contributed by atoms with E-state index in [1.165, 1.54) is 18.3 Å². The van der Waals surface area contributed by atoms with Gasteiger partial charge in [0.25, 0.3) is 5.91 Å². The van der Waals surface area contributed by atoms with Gasteiger partial charge in [-0.25, -0.2) is 9.78 Å². The fourth-order valence-electron chi connectivity index (χ4n) is 1.40. The zero-order valence-electron chi connectivity index (χ0n) is 10.3. The molecule has 0 radical (unpaired) electrons. The standard InChI is InChI=1S/C12H16N2O4/c1-8(7-18-2)6-14-11(15)9-3-4-13-10(5-9)12(16)17/h3-5,8H,6-7H2,1-2H3,(H,14,15)(H,16,17). The first-order valence-electron chi connectivity index (χ1n) is 5.51. The summed E-state index contributed by atoms with van der Waals surface area (Å²) in [4.78, 5) is 26.1. The second-order valence-corrected chi connectivity index (χ2v) is 4.01. The Hall–Kier alpha value is -1.95. The van der Waals surface area contributed by atoms with Crippen LogP contribution in [-0.2, 0) is 4.74 Å². The van der Waals surface area contributed by atoms with Gasteiger partial charge in [0.15, 0.2) is 0 Å². The van der Waals surface area contributed by atoms with Gasteiger partial charge in [-0.1, -0.05) is 6.92 Å². The highest BCUT2D eigenvalue weighted by molar-refractivity contribution is 5.96. The number of carboxylic acid groups (broad SMARTS) is 1. The van der Waals surface area contributed by atoms with Gasteiger partial charge in [-0.05, 0) is 18.1 Å². The van der Waals surface area contributed by atoms with Gasteiger partial charge >= 0.3 is 5.97 Å². The van der Waals surface area contributed by atoms with E-state index in [4.69, 9.17) is 9.84 Å². The molecule has 1 heterocycles. The number of methoxy groups -OCH3 is 1. The minimum absolute atomic E-state index is 0.146. The van der Waals surface area contributed by atoms with Crippen molar-refractivity contribution in [1.82, 2.24) is 10.3 Å². The molecule has 0 aliphatic carbocycles. The zero-order valence-corrected chi connectivity index (χ0v) is 10.3. The second kappa shape index (κ2) is 6.70. The minimum atomic E-state index is -1.16. The molecule has 6 heteroatoms. The number of hydrogen-bond acceptors (Lipinski definition) is 4. The lowest BCUT2D eigenvalue weighted by atomic mass is 10.1. The van der Waals surface area contributed by atoms with Crippen molar-refractivity contribution in [3.8, 4) is 0 Å². The quantitative estimate of drug-likeness (QED) is 0.781. The maximum atomic E-state index is 11.8. The Bertz CT molecular complexity index is 434. The van der Waals surface area contributed by atoms with Gasteiger partial charge in [0.2, 0.25) is 0 Å². The number of carbonyl (C=O) groups is 2. The van der Waals surface area contributed by atoms with E-state index in [2.05, 4.69) is 10.3 Å². The third kappa shape index (κ3) is 4.14. The number of carboxylic acids is 1. The molecule has 6 nitrogen and oxygen atoms in total. The summed E-state index contributed by atoms with van der Waals surface area (Å²) in [6, 6.07) is 2.72. The number of amides is 1. The Labute approximate surface area is 105 Å². The summed E-state index contributed by atoms with van der Waals surface area (Å²) >= 11 is 0. The molecule has 1 amide bonds. The smallest absolute Gasteiger partial charge is 0.354 e. The van der Waals surface area contributed by atoms with E-state index in [9.17, 15) is 9.59 Å². The highest BCUT2D eigenvalue weighted by Crippen LogP contribution is 2.02. The molecule has 0 saturated carbocycles. The highest BCUT2D eigenvalue weighted by Gasteiger charge is 2.11. The summed E-state index contributed by atoms with van der Waals surface area (Å²) < 4.78 is 4.95. The van der Waals surface area contributed by atoms with Crippen molar-refractivity contribution in [3.63, 3.8) is 0 Å². The number of rotatable bonds is 6. The van der Waals surface area contributed by atoms with Crippen molar-refractivity contribution >= 4 is 11.9 Å². The number of hydrogen-bond donors (Lipinski definition) is 2. The number of nitrogens with one attached hydrogen (secondary N) is 1. The largest absolute Gasteiger partial charge is 0.477 e. The zero-order chi connectivity index (χ0) is 13.5. The van der Waals surface area contributed by atoms with Crippen molar-refractivity contribution in [2.24, 2.45) is 5.92 Å². The molecule has 1 atom stereocenters. The molecule has 1 unspecified atom stereocenters. The molecule has 0 aliphatic rings. The van der Waals surface area contributed by atoms with Crippen LogP contribution in [0.3, 0.4) is 0 Å². The monoisotopic (exact) mass is 252 g/mol. The first-order valence-corrected chi connectivity index (χ1v) is 5.51. The Morgan fingerprint density at radius 1 is 1.56 bits per heavy atom. The molecule has 0 aliphatic heterocycles. The molecular weight excluding hydrogens is 236 g/mol. The lowest BCUT2D eigenvalue weighted by molar-refractivity contribution is 0.0690. The Kier molecular flexibility index (Phi) is 5.26. The Morgan fingerprint density at radius 3 is 2.89 bits per heavy atom. The molecule has 0 aromatic carbocycles. The number of carbonyl (C=O) groups excluding carboxylic acids is 1. The summed E-state index contributed by atoms with van der Waals surface area (Å²) in [7, 11) is 1.60. The van der Waals surface area contributed by atoms with E-state index < -0.39 is 5.97 Å². The molecule has 98 valence electrons. The van der Waals surface area contributed by atoms with E-state index in [-0.39, 0.29) is 23.1 Å². The first kappa shape index (κ1) is 14.1. The van der Waals surface area contributed by atoms with E-state index in [0.717, 1.165) is 0 Å². The van der Waals surface area contributed by atoms with Crippen molar-refractivity contribution in [2.45, 2.75) is 6.92 Å². The minimum Gasteiger partial charge on any atom is -0.477 e. The molecule has 18 heavy (non-hydrogen) atoms. The fourth-order valence-corrected chi connectivity index (χ4v) is 1.40. The fraction of sp³-hybridized carbons (Fsp3) is 0.417. The number of ether oxygens (including phenoxy) is 1. The SMILES string of the molecule is COCC(C)CNC(=O)c1ccnc(C(=O)O)c1. The summed E-state index contributed by atoms with van der Waals surface area (Å²) in [5.41, 5.74) is 0.139. The summed E-state index contributed by atoms with van der Waals surface area (Å²) in [6.07, 6.45) is 1.30. The second-order valence-electron chi connectivity index (χ2n) is 4.01. The summed E-state index contributed by atoms with van der Waals surface area (Å²) in [5, 5.41) is 11.5. The van der Waals surface area contributed by atoms with Crippen molar-refractivity contribution in [1.29, 1.82) is 0 Å². The van der Waals surface area contributed by atoms with Crippen molar-refractivity contribution in [2.75, 3.05) is 20.3 Å². The average Bonchev–Trinajstić information content (AvgIpc) is 2.36. The number of pyridine rings is 1. The molecule has 0 fully saturated rings. The van der Waals surface area contributed by atoms with Gasteiger partial charge in [-0.2, -0.15) is 0 Å². The molecule has 0 bridgehead atoms. The summed E-state index contributed by atoms with van der Waals surface area (Å²) in [5.74, 6) is -1.28. The molecule has 2 N–H and O–H groups in total. The van der Waals surface area contributed by atoms with E-state index in [0.29, 0.717) is 13.2 Å². The van der Waals surface area contributed by atoms with Crippen LogP contribution in [0.5, 0.6) is 0 Å². The number of aromatic carboxylic acids is 1. The Morgan fingerprint density at radius 2 is 2.28 bits per heavy atom. The average molecular weight is 252 g/mol. The molecule has 0 saturated heterocycles. The topological polar surface area (TPSA) is 88.5 Å². The van der Waals surface area contributed by atoms with Gasteiger partial charge in [-0.3, -0.25) is 4.79 Å². The first-order chi connectivity index (χ1) is 8.54. The van der Waals surface area contributed by atoms with Gasteiger partial charge in [-0.15, -0.1) is 0 Å². The van der Waals surface area contributed by atoms with E-state index in [1.54, 1.807) is 7.11 Å². The summed E-state index contributed by atoms with van der Waals surface area (Å²) in [6.45, 7) is 2.97.